The number of allylic oxidation sites excluding steroid dienone is 12. The van der Waals surface area contributed by atoms with Crippen molar-refractivity contribution in [3.8, 4) is 0 Å². The van der Waals surface area contributed by atoms with Gasteiger partial charge in [0, 0.05) is 12.8 Å². The summed E-state index contributed by atoms with van der Waals surface area (Å²) < 4.78 is 10.7. The van der Waals surface area contributed by atoms with E-state index in [-0.39, 0.29) is 25.2 Å². The summed E-state index contributed by atoms with van der Waals surface area (Å²) in [6.45, 7) is 4.02. The highest BCUT2D eigenvalue weighted by Gasteiger charge is 2.16. The van der Waals surface area contributed by atoms with Crippen LogP contribution in [0, 0.1) is 0 Å². The van der Waals surface area contributed by atoms with Crippen molar-refractivity contribution in [1.82, 2.24) is 0 Å². The molecule has 334 valence electrons. The largest absolute Gasteiger partial charge is 0.462 e. The van der Waals surface area contributed by atoms with Gasteiger partial charge in [0.2, 0.25) is 0 Å². The summed E-state index contributed by atoms with van der Waals surface area (Å²) in [5.74, 6) is -0.603. The van der Waals surface area contributed by atoms with Crippen LogP contribution in [-0.4, -0.2) is 36.4 Å². The molecule has 0 heterocycles. The third kappa shape index (κ3) is 46.0. The molecular weight excluding hydrogens is 717 g/mol. The molecule has 0 rings (SSSR count). The number of unbranched alkanes of at least 4 members (excludes halogenated alkanes) is 24. The molecule has 1 N–H and O–H groups in total. The van der Waals surface area contributed by atoms with Crippen LogP contribution in [0.3, 0.4) is 0 Å². The molecule has 0 aliphatic carbocycles. The van der Waals surface area contributed by atoms with Gasteiger partial charge >= 0.3 is 11.9 Å². The minimum absolute atomic E-state index is 0.0740. The van der Waals surface area contributed by atoms with E-state index in [0.29, 0.717) is 12.8 Å². The highest BCUT2D eigenvalue weighted by Crippen LogP contribution is 2.15. The zero-order valence-corrected chi connectivity index (χ0v) is 38.0. The maximum Gasteiger partial charge on any atom is 0.306 e. The van der Waals surface area contributed by atoms with E-state index < -0.39 is 6.10 Å². The number of hydrogen-bond donors (Lipinski definition) is 1. The third-order valence-corrected chi connectivity index (χ3v) is 10.5. The van der Waals surface area contributed by atoms with Crippen molar-refractivity contribution in [2.75, 3.05) is 13.2 Å². The molecule has 0 aromatic rings. The van der Waals surface area contributed by atoms with Crippen LogP contribution in [0.2, 0.25) is 0 Å². The molecule has 0 spiro atoms. The maximum absolute atomic E-state index is 12.3. The van der Waals surface area contributed by atoms with Crippen molar-refractivity contribution >= 4 is 11.9 Å². The second kappa shape index (κ2) is 48.7. The predicted octanol–water partition coefficient (Wildman–Crippen LogP) is 16.1. The first kappa shape index (κ1) is 55.3. The van der Waals surface area contributed by atoms with Gasteiger partial charge in [-0.1, -0.05) is 209 Å². The van der Waals surface area contributed by atoms with Crippen molar-refractivity contribution in [2.45, 2.75) is 238 Å². The number of aliphatic hydroxyl groups excluding tert-OH is 1. The lowest BCUT2D eigenvalue weighted by Crippen LogP contribution is -2.28. The first-order valence-electron chi connectivity index (χ1n) is 24.5. The van der Waals surface area contributed by atoms with Crippen LogP contribution >= 0.6 is 0 Å². The Labute approximate surface area is 359 Å². The molecule has 5 heteroatoms. The van der Waals surface area contributed by atoms with E-state index in [0.717, 1.165) is 77.0 Å². The lowest BCUT2D eigenvalue weighted by atomic mass is 10.0. The number of hydrogen-bond acceptors (Lipinski definition) is 5. The Morgan fingerprint density at radius 2 is 0.741 bits per heavy atom. The maximum atomic E-state index is 12.3. The summed E-state index contributed by atoms with van der Waals surface area (Å²) in [5, 5.41) is 9.61. The number of rotatable bonds is 44. The first-order chi connectivity index (χ1) is 28.6. The van der Waals surface area contributed by atoms with Gasteiger partial charge in [0.05, 0.1) is 6.61 Å². The minimum atomic E-state index is -0.780. The number of esters is 2. The highest BCUT2D eigenvalue weighted by atomic mass is 16.6. The molecule has 0 amide bonds. The molecule has 0 aliphatic heterocycles. The van der Waals surface area contributed by atoms with Crippen LogP contribution in [0.5, 0.6) is 0 Å². The summed E-state index contributed by atoms with van der Waals surface area (Å²) in [6, 6.07) is 0. The van der Waals surface area contributed by atoms with Gasteiger partial charge in [-0.2, -0.15) is 0 Å². The Hall–Kier alpha value is -2.66. The first-order valence-corrected chi connectivity index (χ1v) is 24.5. The summed E-state index contributed by atoms with van der Waals surface area (Å²) in [4.78, 5) is 24.4. The number of carbonyl (C=O) groups excluding carboxylic acids is 2. The zero-order chi connectivity index (χ0) is 42.1. The van der Waals surface area contributed by atoms with E-state index in [4.69, 9.17) is 9.47 Å². The van der Waals surface area contributed by atoms with Gasteiger partial charge < -0.3 is 14.6 Å². The SMILES string of the molecule is CC/C=C\C/C=C\C/C=C\CCCCCCCCCC(=O)OCC(CO)OC(=O)CCCCCCCCCCCCCC/C=C\C/C=C\C/C=C\CCCCCCC. The van der Waals surface area contributed by atoms with E-state index in [1.165, 1.54) is 128 Å². The standard InChI is InChI=1S/C53H92O5/c1-3-5-7-9-11-13-15-17-19-21-22-23-24-25-26-27-28-29-30-32-34-36-38-40-42-44-46-48-53(56)58-51(49-54)50-57-52(55)47-45-43-41-39-37-35-33-31-20-18-16-14-12-10-8-6-4-2/h6,8,12,14-15,17-18,20-22,24-25,51,54H,3-5,7,9-11,13,16,19,23,26-50H2,1-2H3/b8-6-,14-12-,17-15-,20-18-,22-21-,25-24-. The molecule has 0 saturated carbocycles. The number of aliphatic hydroxyl groups is 1. The number of carbonyl (C=O) groups is 2. The van der Waals surface area contributed by atoms with Gasteiger partial charge in [-0.3, -0.25) is 9.59 Å². The zero-order valence-electron chi connectivity index (χ0n) is 38.0. The minimum Gasteiger partial charge on any atom is -0.462 e. The molecular formula is C53H92O5. The Morgan fingerprint density at radius 3 is 1.12 bits per heavy atom. The molecule has 58 heavy (non-hydrogen) atoms. The predicted molar refractivity (Wildman–Crippen MR) is 251 cm³/mol. The smallest absolute Gasteiger partial charge is 0.306 e. The van der Waals surface area contributed by atoms with Crippen LogP contribution in [0.1, 0.15) is 232 Å². The van der Waals surface area contributed by atoms with Crippen molar-refractivity contribution in [1.29, 1.82) is 0 Å². The van der Waals surface area contributed by atoms with E-state index in [9.17, 15) is 14.7 Å². The lowest BCUT2D eigenvalue weighted by Gasteiger charge is -2.15. The normalized spacial score (nSPS) is 12.8. The van der Waals surface area contributed by atoms with Crippen LogP contribution in [0.25, 0.3) is 0 Å². The topological polar surface area (TPSA) is 72.8 Å². The molecule has 0 aliphatic rings. The van der Waals surface area contributed by atoms with E-state index in [1.807, 2.05) is 0 Å². The summed E-state index contributed by atoms with van der Waals surface area (Å²) in [5.41, 5.74) is 0. The van der Waals surface area contributed by atoms with Crippen LogP contribution in [0.15, 0.2) is 72.9 Å². The average molecular weight is 809 g/mol. The Kier molecular flexibility index (Phi) is 46.5. The highest BCUT2D eigenvalue weighted by molar-refractivity contribution is 5.70. The molecule has 0 saturated heterocycles. The van der Waals surface area contributed by atoms with Crippen LogP contribution < -0.4 is 0 Å². The van der Waals surface area contributed by atoms with Crippen molar-refractivity contribution < 1.29 is 24.2 Å². The van der Waals surface area contributed by atoms with E-state index in [2.05, 4.69) is 86.8 Å². The molecule has 0 aromatic heterocycles. The summed E-state index contributed by atoms with van der Waals surface area (Å²) in [6.07, 6.45) is 65.6. The van der Waals surface area contributed by atoms with Gasteiger partial charge in [-0.05, 0) is 83.5 Å². The molecule has 0 bridgehead atoms. The van der Waals surface area contributed by atoms with Gasteiger partial charge in [-0.25, -0.2) is 0 Å². The van der Waals surface area contributed by atoms with E-state index in [1.54, 1.807) is 0 Å². The summed E-state index contributed by atoms with van der Waals surface area (Å²) in [7, 11) is 0. The fourth-order valence-electron chi connectivity index (χ4n) is 6.81. The van der Waals surface area contributed by atoms with Crippen LogP contribution in [0.4, 0.5) is 0 Å². The Bertz CT molecular complexity index is 1050. The number of ether oxygens (including phenoxy) is 2. The fraction of sp³-hybridized carbons (Fsp3) is 0.736. The molecule has 0 aromatic carbocycles. The monoisotopic (exact) mass is 809 g/mol. The molecule has 1 atom stereocenters. The second-order valence-electron chi connectivity index (χ2n) is 16.2. The van der Waals surface area contributed by atoms with Crippen LogP contribution in [-0.2, 0) is 19.1 Å². The summed E-state index contributed by atoms with van der Waals surface area (Å²) >= 11 is 0. The quantitative estimate of drug-likeness (QED) is 0.0377. The van der Waals surface area contributed by atoms with Gasteiger partial charge in [0.15, 0.2) is 6.10 Å². The van der Waals surface area contributed by atoms with Gasteiger partial charge in [0.1, 0.15) is 6.61 Å². The third-order valence-electron chi connectivity index (χ3n) is 10.5. The second-order valence-corrected chi connectivity index (χ2v) is 16.2. The fourth-order valence-corrected chi connectivity index (χ4v) is 6.81. The molecule has 1 unspecified atom stereocenters. The molecule has 0 radical (unpaired) electrons. The molecule has 5 nitrogen and oxygen atoms in total. The van der Waals surface area contributed by atoms with Gasteiger partial charge in [0.25, 0.3) is 0 Å². The Balaban J connectivity index is 3.53. The van der Waals surface area contributed by atoms with E-state index >= 15 is 0 Å². The van der Waals surface area contributed by atoms with Crippen molar-refractivity contribution in [3.05, 3.63) is 72.9 Å². The van der Waals surface area contributed by atoms with Crippen molar-refractivity contribution in [2.24, 2.45) is 0 Å². The van der Waals surface area contributed by atoms with Crippen molar-refractivity contribution in [3.63, 3.8) is 0 Å². The Morgan fingerprint density at radius 1 is 0.414 bits per heavy atom. The van der Waals surface area contributed by atoms with Gasteiger partial charge in [-0.15, -0.1) is 0 Å². The lowest BCUT2D eigenvalue weighted by molar-refractivity contribution is -0.161. The molecule has 0 fully saturated rings. The average Bonchev–Trinajstić information content (AvgIpc) is 3.23.